The Hall–Kier alpha value is -2.91. The van der Waals surface area contributed by atoms with Gasteiger partial charge in [-0.1, -0.05) is 23.8 Å². The molecule has 4 rings (SSSR count). The number of amides is 4. The number of hydrazine groups is 1. The summed E-state index contributed by atoms with van der Waals surface area (Å²) in [4.78, 5) is 41.9. The van der Waals surface area contributed by atoms with E-state index < -0.39 is 6.04 Å². The monoisotopic (exact) mass is 441 g/mol. The molecule has 0 aromatic heterocycles. The lowest BCUT2D eigenvalue weighted by Gasteiger charge is -2.33. The van der Waals surface area contributed by atoms with Crippen LogP contribution in [-0.2, 0) is 14.3 Å². The van der Waals surface area contributed by atoms with Crippen molar-refractivity contribution in [2.45, 2.75) is 33.2 Å². The Labute approximate surface area is 188 Å². The highest BCUT2D eigenvalue weighted by Gasteiger charge is 2.43. The number of aryl methyl sites for hydroxylation is 2. The van der Waals surface area contributed by atoms with Gasteiger partial charge in [0.15, 0.2) is 0 Å². The second kappa shape index (κ2) is 9.30. The lowest BCUT2D eigenvalue weighted by Crippen LogP contribution is -2.49. The van der Waals surface area contributed by atoms with Gasteiger partial charge in [0.2, 0.25) is 5.91 Å². The molecule has 2 N–H and O–H groups in total. The lowest BCUT2D eigenvalue weighted by molar-refractivity contribution is -0.130. The number of carbonyl (C=O) groups is 3. The van der Waals surface area contributed by atoms with Gasteiger partial charge in [0, 0.05) is 32.6 Å². The molecule has 172 valence electrons. The molecule has 3 aliphatic rings. The van der Waals surface area contributed by atoms with Crippen molar-refractivity contribution in [1.29, 1.82) is 0 Å². The van der Waals surface area contributed by atoms with Gasteiger partial charge in [-0.25, -0.2) is 9.80 Å². The molecule has 1 atom stereocenters. The van der Waals surface area contributed by atoms with Crippen molar-refractivity contribution < 1.29 is 19.1 Å². The van der Waals surface area contributed by atoms with Gasteiger partial charge in [0.25, 0.3) is 5.91 Å². The fourth-order valence-corrected chi connectivity index (χ4v) is 4.59. The summed E-state index contributed by atoms with van der Waals surface area (Å²) >= 11 is 0. The van der Waals surface area contributed by atoms with Crippen LogP contribution < -0.4 is 10.7 Å². The van der Waals surface area contributed by atoms with E-state index in [9.17, 15) is 14.4 Å². The highest BCUT2D eigenvalue weighted by atomic mass is 16.5. The van der Waals surface area contributed by atoms with Gasteiger partial charge in [-0.2, -0.15) is 0 Å². The first kappa shape index (κ1) is 22.3. The molecular formula is C23H31N5O4. The number of morpholine rings is 1. The van der Waals surface area contributed by atoms with E-state index in [1.54, 1.807) is 9.80 Å². The molecule has 0 bridgehead atoms. The van der Waals surface area contributed by atoms with Crippen molar-refractivity contribution in [1.82, 2.24) is 25.6 Å². The van der Waals surface area contributed by atoms with Gasteiger partial charge in [-0.3, -0.25) is 19.9 Å². The molecule has 3 heterocycles. The number of hydrogen-bond donors (Lipinski definition) is 2. The third kappa shape index (κ3) is 4.35. The smallest absolute Gasteiger partial charge is 0.322 e. The van der Waals surface area contributed by atoms with Gasteiger partial charge in [-0.15, -0.1) is 0 Å². The zero-order valence-corrected chi connectivity index (χ0v) is 18.9. The molecule has 0 spiro atoms. The van der Waals surface area contributed by atoms with Crippen LogP contribution in [-0.4, -0.2) is 78.6 Å². The predicted octanol–water partition coefficient (Wildman–Crippen LogP) is 1.24. The summed E-state index contributed by atoms with van der Waals surface area (Å²) in [5, 5.41) is 4.86. The van der Waals surface area contributed by atoms with Crippen LogP contribution in [0, 0.1) is 13.8 Å². The van der Waals surface area contributed by atoms with E-state index in [0.717, 1.165) is 22.4 Å². The molecule has 9 heteroatoms. The molecule has 1 fully saturated rings. The van der Waals surface area contributed by atoms with Gasteiger partial charge < -0.3 is 15.0 Å². The number of rotatable bonds is 6. The molecule has 1 aromatic carbocycles. The second-order valence-corrected chi connectivity index (χ2v) is 8.46. The number of nitrogens with one attached hydrogen (secondary N) is 2. The summed E-state index contributed by atoms with van der Waals surface area (Å²) in [6.07, 6.45) is 0.200. The Kier molecular flexibility index (Phi) is 6.48. The second-order valence-electron chi connectivity index (χ2n) is 8.46. The Bertz CT molecular complexity index is 954. The molecule has 9 nitrogen and oxygen atoms in total. The van der Waals surface area contributed by atoms with Crippen molar-refractivity contribution in [2.75, 3.05) is 45.9 Å². The predicted molar refractivity (Wildman–Crippen MR) is 118 cm³/mol. The third-order valence-electron chi connectivity index (χ3n) is 6.25. The third-order valence-corrected chi connectivity index (χ3v) is 6.25. The fourth-order valence-electron chi connectivity index (χ4n) is 4.59. The average molecular weight is 442 g/mol. The molecule has 3 aliphatic heterocycles. The van der Waals surface area contributed by atoms with Crippen LogP contribution in [0.2, 0.25) is 0 Å². The van der Waals surface area contributed by atoms with Gasteiger partial charge in [0.05, 0.1) is 37.1 Å². The standard InChI is InChI=1S/C23H31N5O4/c1-4-28-18-14-26(8-7-19(29)25-27-9-11-32-12-10-27)22(30)20(18)21(24-23(28)31)17-6-5-15(2)13-16(17)3/h5-6,13,21H,4,7-12,14H2,1-3H3,(H,24,31)(H,25,29)/t21-/m1/s1. The fraction of sp³-hybridized carbons (Fsp3) is 0.522. The SMILES string of the molecule is CCN1C(=O)N[C@H](c2ccc(C)cc2C)C2=C1CN(CCC(=O)NN1CCOCC1)C2=O. The largest absolute Gasteiger partial charge is 0.379 e. The van der Waals surface area contributed by atoms with Crippen molar-refractivity contribution in [3.05, 3.63) is 46.2 Å². The van der Waals surface area contributed by atoms with E-state index in [4.69, 9.17) is 4.74 Å². The molecule has 4 amide bonds. The quantitative estimate of drug-likeness (QED) is 0.693. The summed E-state index contributed by atoms with van der Waals surface area (Å²) in [6.45, 7) is 9.51. The van der Waals surface area contributed by atoms with Crippen LogP contribution in [0.4, 0.5) is 4.79 Å². The van der Waals surface area contributed by atoms with Crippen LogP contribution in [0.25, 0.3) is 0 Å². The highest BCUT2D eigenvalue weighted by Crippen LogP contribution is 2.37. The normalized spacial score (nSPS) is 21.7. The van der Waals surface area contributed by atoms with Crippen LogP contribution in [0.3, 0.4) is 0 Å². The summed E-state index contributed by atoms with van der Waals surface area (Å²) < 4.78 is 5.29. The van der Waals surface area contributed by atoms with Crippen molar-refractivity contribution >= 4 is 17.8 Å². The van der Waals surface area contributed by atoms with Gasteiger partial charge in [-0.05, 0) is 31.9 Å². The highest BCUT2D eigenvalue weighted by molar-refractivity contribution is 6.01. The first-order chi connectivity index (χ1) is 15.4. The van der Waals surface area contributed by atoms with Crippen molar-refractivity contribution in [3.63, 3.8) is 0 Å². The molecule has 1 aromatic rings. The first-order valence-electron chi connectivity index (χ1n) is 11.2. The van der Waals surface area contributed by atoms with Crippen LogP contribution in [0.1, 0.15) is 36.1 Å². The topological polar surface area (TPSA) is 94.2 Å². The van der Waals surface area contributed by atoms with E-state index in [1.165, 1.54) is 0 Å². The maximum absolute atomic E-state index is 13.4. The van der Waals surface area contributed by atoms with E-state index in [-0.39, 0.29) is 24.3 Å². The summed E-state index contributed by atoms with van der Waals surface area (Å²) in [6, 6.07) is 5.35. The van der Waals surface area contributed by atoms with Gasteiger partial charge in [0.1, 0.15) is 0 Å². The molecular weight excluding hydrogens is 410 g/mol. The van der Waals surface area contributed by atoms with E-state index in [0.29, 0.717) is 51.5 Å². The van der Waals surface area contributed by atoms with Crippen molar-refractivity contribution in [2.24, 2.45) is 0 Å². The number of hydrogen-bond acceptors (Lipinski definition) is 5. The minimum atomic E-state index is -0.486. The summed E-state index contributed by atoms with van der Waals surface area (Å²) in [5.41, 5.74) is 7.30. The van der Waals surface area contributed by atoms with E-state index in [1.807, 2.05) is 37.9 Å². The lowest BCUT2D eigenvalue weighted by atomic mass is 9.91. The first-order valence-corrected chi connectivity index (χ1v) is 11.2. The number of nitrogens with zero attached hydrogens (tertiary/aromatic N) is 3. The zero-order valence-electron chi connectivity index (χ0n) is 18.9. The summed E-state index contributed by atoms with van der Waals surface area (Å²) in [7, 11) is 0. The molecule has 0 aliphatic carbocycles. The number of carbonyl (C=O) groups excluding carboxylic acids is 3. The van der Waals surface area contributed by atoms with Crippen molar-refractivity contribution in [3.8, 4) is 0 Å². The molecule has 0 radical (unpaired) electrons. The maximum atomic E-state index is 13.4. The average Bonchev–Trinajstić information content (AvgIpc) is 3.09. The Morgan fingerprint density at radius 2 is 1.97 bits per heavy atom. The van der Waals surface area contributed by atoms with Crippen LogP contribution in [0.15, 0.2) is 29.5 Å². The molecule has 0 unspecified atom stereocenters. The minimum Gasteiger partial charge on any atom is -0.379 e. The maximum Gasteiger partial charge on any atom is 0.322 e. The molecule has 32 heavy (non-hydrogen) atoms. The number of ether oxygens (including phenoxy) is 1. The Balaban J connectivity index is 1.50. The minimum absolute atomic E-state index is 0.123. The number of urea groups is 1. The van der Waals surface area contributed by atoms with Crippen LogP contribution >= 0.6 is 0 Å². The van der Waals surface area contributed by atoms with E-state index >= 15 is 0 Å². The zero-order chi connectivity index (χ0) is 22.8. The molecule has 0 saturated carbocycles. The number of likely N-dealkylation sites (N-methyl/N-ethyl adjacent to an activating group) is 1. The Morgan fingerprint density at radius 3 is 2.66 bits per heavy atom. The summed E-state index contributed by atoms with van der Waals surface area (Å²) in [5.74, 6) is -0.250. The number of benzene rings is 1. The van der Waals surface area contributed by atoms with Gasteiger partial charge >= 0.3 is 6.03 Å². The molecule has 1 saturated heterocycles. The van der Waals surface area contributed by atoms with Crippen LogP contribution in [0.5, 0.6) is 0 Å². The Morgan fingerprint density at radius 1 is 1.22 bits per heavy atom. The van der Waals surface area contributed by atoms with E-state index in [2.05, 4.69) is 16.8 Å².